The van der Waals surface area contributed by atoms with Gasteiger partial charge in [-0.2, -0.15) is 10.2 Å². The molecule has 0 aliphatic heterocycles. The van der Waals surface area contributed by atoms with Crippen molar-refractivity contribution in [3.8, 4) is 0 Å². The number of nitrogens with two attached hydrogens (primary N) is 1. The molecule has 0 aromatic carbocycles. The van der Waals surface area contributed by atoms with Gasteiger partial charge in [0.15, 0.2) is 5.82 Å². The van der Waals surface area contributed by atoms with Crippen LogP contribution in [0.1, 0.15) is 11.3 Å². The number of aryl methyl sites for hydroxylation is 1. The van der Waals surface area contributed by atoms with Crippen LogP contribution in [0.4, 0.5) is 11.6 Å². The summed E-state index contributed by atoms with van der Waals surface area (Å²) >= 11 is 0. The van der Waals surface area contributed by atoms with Gasteiger partial charge < -0.3 is 11.1 Å². The Morgan fingerprint density at radius 3 is 2.88 bits per heavy atom. The lowest BCUT2D eigenvalue weighted by atomic mass is 10.3. The van der Waals surface area contributed by atoms with Crippen molar-refractivity contribution >= 4 is 17.5 Å². The standard InChI is InChI=1S/C10H14N6O/c1-6-7(2)13-14-10(6)12-9(17)5-16-4-3-8(11)15-16/h3-4H,5H2,1-2H3,(H2,11,15)(H2,12,13,14,17). The maximum absolute atomic E-state index is 11.7. The van der Waals surface area contributed by atoms with Crippen LogP contribution >= 0.6 is 0 Å². The molecule has 0 saturated heterocycles. The Morgan fingerprint density at radius 1 is 1.59 bits per heavy atom. The molecule has 90 valence electrons. The van der Waals surface area contributed by atoms with E-state index in [1.165, 1.54) is 4.68 Å². The van der Waals surface area contributed by atoms with Crippen molar-refractivity contribution in [2.45, 2.75) is 20.4 Å². The van der Waals surface area contributed by atoms with Gasteiger partial charge in [-0.25, -0.2) is 0 Å². The normalized spacial score (nSPS) is 10.5. The fraction of sp³-hybridized carbons (Fsp3) is 0.300. The number of carbonyl (C=O) groups is 1. The highest BCUT2D eigenvalue weighted by Crippen LogP contribution is 2.13. The topological polar surface area (TPSA) is 102 Å². The number of anilines is 2. The maximum Gasteiger partial charge on any atom is 0.247 e. The number of nitrogens with zero attached hydrogens (tertiary/aromatic N) is 3. The van der Waals surface area contributed by atoms with E-state index < -0.39 is 0 Å². The van der Waals surface area contributed by atoms with Gasteiger partial charge in [0, 0.05) is 17.5 Å². The second kappa shape index (κ2) is 4.28. The van der Waals surface area contributed by atoms with Crippen molar-refractivity contribution in [2.24, 2.45) is 0 Å². The summed E-state index contributed by atoms with van der Waals surface area (Å²) in [5.74, 6) is 0.750. The van der Waals surface area contributed by atoms with E-state index in [4.69, 9.17) is 5.73 Å². The number of amides is 1. The summed E-state index contributed by atoms with van der Waals surface area (Å²) in [6.45, 7) is 3.90. The van der Waals surface area contributed by atoms with E-state index in [2.05, 4.69) is 20.6 Å². The number of hydrogen-bond donors (Lipinski definition) is 3. The molecule has 2 heterocycles. The molecule has 0 fully saturated rings. The second-order valence-corrected chi connectivity index (χ2v) is 3.81. The molecule has 17 heavy (non-hydrogen) atoms. The first-order chi connectivity index (χ1) is 8.06. The number of nitrogen functional groups attached to an aromatic ring is 1. The van der Waals surface area contributed by atoms with Crippen molar-refractivity contribution in [1.29, 1.82) is 0 Å². The average molecular weight is 234 g/mol. The second-order valence-electron chi connectivity index (χ2n) is 3.81. The van der Waals surface area contributed by atoms with Gasteiger partial charge >= 0.3 is 0 Å². The fourth-order valence-electron chi connectivity index (χ4n) is 1.39. The fourth-order valence-corrected chi connectivity index (χ4v) is 1.39. The van der Waals surface area contributed by atoms with Crippen LogP contribution in [-0.4, -0.2) is 25.9 Å². The van der Waals surface area contributed by atoms with Gasteiger partial charge in [0.1, 0.15) is 12.4 Å². The molecule has 0 aliphatic rings. The summed E-state index contributed by atoms with van der Waals surface area (Å²) < 4.78 is 1.47. The highest BCUT2D eigenvalue weighted by molar-refractivity contribution is 5.90. The van der Waals surface area contributed by atoms with E-state index >= 15 is 0 Å². The van der Waals surface area contributed by atoms with E-state index in [-0.39, 0.29) is 12.5 Å². The van der Waals surface area contributed by atoms with Gasteiger partial charge in [0.05, 0.1) is 0 Å². The Hall–Kier alpha value is -2.31. The van der Waals surface area contributed by atoms with Crippen molar-refractivity contribution < 1.29 is 4.79 Å². The monoisotopic (exact) mass is 234 g/mol. The molecule has 0 saturated carbocycles. The lowest BCUT2D eigenvalue weighted by Crippen LogP contribution is -2.19. The molecule has 2 aromatic rings. The molecule has 2 rings (SSSR count). The van der Waals surface area contributed by atoms with Crippen molar-refractivity contribution in [1.82, 2.24) is 20.0 Å². The number of H-pyrrole nitrogens is 1. The smallest absolute Gasteiger partial charge is 0.247 e. The molecule has 0 bridgehead atoms. The minimum Gasteiger partial charge on any atom is -0.382 e. The number of aromatic nitrogens is 4. The number of aromatic amines is 1. The van der Waals surface area contributed by atoms with Crippen LogP contribution in [0, 0.1) is 13.8 Å². The highest BCUT2D eigenvalue weighted by atomic mass is 16.2. The number of hydrogen-bond acceptors (Lipinski definition) is 4. The minimum atomic E-state index is -0.192. The van der Waals surface area contributed by atoms with E-state index in [0.29, 0.717) is 11.6 Å². The number of rotatable bonds is 3. The molecule has 4 N–H and O–H groups in total. The first-order valence-corrected chi connectivity index (χ1v) is 5.16. The van der Waals surface area contributed by atoms with Crippen molar-refractivity contribution in [2.75, 3.05) is 11.1 Å². The van der Waals surface area contributed by atoms with E-state index in [1.807, 2.05) is 13.8 Å². The quantitative estimate of drug-likeness (QED) is 0.717. The van der Waals surface area contributed by atoms with Gasteiger partial charge in [0.25, 0.3) is 0 Å². The Bertz CT molecular complexity index is 541. The van der Waals surface area contributed by atoms with Crippen molar-refractivity contribution in [3.05, 3.63) is 23.5 Å². The molecule has 0 aliphatic carbocycles. The Labute approximate surface area is 98.0 Å². The van der Waals surface area contributed by atoms with Crippen LogP contribution in [0.15, 0.2) is 12.3 Å². The third-order valence-electron chi connectivity index (χ3n) is 2.48. The lowest BCUT2D eigenvalue weighted by Gasteiger charge is -2.03. The van der Waals surface area contributed by atoms with Gasteiger partial charge in [-0.3, -0.25) is 14.6 Å². The Morgan fingerprint density at radius 2 is 2.35 bits per heavy atom. The molecule has 0 radical (unpaired) electrons. The van der Waals surface area contributed by atoms with E-state index in [0.717, 1.165) is 11.3 Å². The van der Waals surface area contributed by atoms with Gasteiger partial charge in [-0.15, -0.1) is 0 Å². The molecule has 0 unspecified atom stereocenters. The lowest BCUT2D eigenvalue weighted by molar-refractivity contribution is -0.116. The molecule has 0 atom stereocenters. The highest BCUT2D eigenvalue weighted by Gasteiger charge is 2.10. The molecule has 7 nitrogen and oxygen atoms in total. The SMILES string of the molecule is Cc1[nH]nc(NC(=O)Cn2ccc(N)n2)c1C. The largest absolute Gasteiger partial charge is 0.382 e. The maximum atomic E-state index is 11.7. The first kappa shape index (κ1) is 11.2. The molecule has 0 spiro atoms. The molecule has 2 aromatic heterocycles. The summed E-state index contributed by atoms with van der Waals surface area (Å²) in [7, 11) is 0. The molecule has 7 heteroatoms. The predicted octanol–water partition coefficient (Wildman–Crippen LogP) is 0.444. The Balaban J connectivity index is 2.00. The Kier molecular flexibility index (Phi) is 2.82. The van der Waals surface area contributed by atoms with Crippen LogP contribution < -0.4 is 11.1 Å². The summed E-state index contributed by atoms with van der Waals surface area (Å²) in [4.78, 5) is 11.7. The number of carbonyl (C=O) groups excluding carboxylic acids is 1. The van der Waals surface area contributed by atoms with Crippen molar-refractivity contribution in [3.63, 3.8) is 0 Å². The van der Waals surface area contributed by atoms with Gasteiger partial charge in [-0.05, 0) is 19.9 Å². The third kappa shape index (κ3) is 2.44. The van der Waals surface area contributed by atoms with Crippen LogP contribution in [0.2, 0.25) is 0 Å². The van der Waals surface area contributed by atoms with Gasteiger partial charge in [-0.1, -0.05) is 0 Å². The van der Waals surface area contributed by atoms with Gasteiger partial charge in [0.2, 0.25) is 5.91 Å². The number of nitrogens with one attached hydrogen (secondary N) is 2. The summed E-state index contributed by atoms with van der Waals surface area (Å²) in [5, 5.41) is 13.4. The summed E-state index contributed by atoms with van der Waals surface area (Å²) in [5.41, 5.74) is 7.32. The predicted molar refractivity (Wildman–Crippen MR) is 63.3 cm³/mol. The molecular formula is C10H14N6O. The van der Waals surface area contributed by atoms with Crippen LogP contribution in [0.25, 0.3) is 0 Å². The molecular weight excluding hydrogens is 220 g/mol. The van der Waals surface area contributed by atoms with Crippen LogP contribution in [0.5, 0.6) is 0 Å². The first-order valence-electron chi connectivity index (χ1n) is 5.16. The summed E-state index contributed by atoms with van der Waals surface area (Å²) in [6, 6.07) is 1.64. The zero-order chi connectivity index (χ0) is 12.4. The van der Waals surface area contributed by atoms with Crippen LogP contribution in [-0.2, 0) is 11.3 Å². The molecule has 1 amide bonds. The van der Waals surface area contributed by atoms with E-state index in [1.54, 1.807) is 12.3 Å². The average Bonchev–Trinajstić information content (AvgIpc) is 2.79. The van der Waals surface area contributed by atoms with Crippen LogP contribution in [0.3, 0.4) is 0 Å². The third-order valence-corrected chi connectivity index (χ3v) is 2.48. The zero-order valence-corrected chi connectivity index (χ0v) is 9.69. The minimum absolute atomic E-state index is 0.114. The summed E-state index contributed by atoms with van der Waals surface area (Å²) in [6.07, 6.45) is 1.65. The van der Waals surface area contributed by atoms with E-state index in [9.17, 15) is 4.79 Å². The zero-order valence-electron chi connectivity index (χ0n) is 9.69.